The summed E-state index contributed by atoms with van der Waals surface area (Å²) in [5.74, 6) is 0. The average molecular weight is 390 g/mol. The summed E-state index contributed by atoms with van der Waals surface area (Å²) in [7, 11) is 0. The molecule has 0 atom stereocenters. The van der Waals surface area contributed by atoms with E-state index in [9.17, 15) is 4.79 Å². The molecule has 0 spiro atoms. The molecule has 0 aliphatic heterocycles. The number of hydrogen-bond donors (Lipinski definition) is 1. The molecular weight excluding hydrogens is 358 g/mol. The summed E-state index contributed by atoms with van der Waals surface area (Å²) in [6.07, 6.45) is 4.14. The van der Waals surface area contributed by atoms with Crippen LogP contribution < -0.4 is 5.32 Å². The van der Waals surface area contributed by atoms with Crippen molar-refractivity contribution in [3.8, 4) is 0 Å². The van der Waals surface area contributed by atoms with Gasteiger partial charge in [-0.3, -0.25) is 0 Å². The van der Waals surface area contributed by atoms with Crippen LogP contribution in [0.25, 0.3) is 0 Å². The van der Waals surface area contributed by atoms with Gasteiger partial charge in [-0.25, -0.2) is 4.79 Å². The highest BCUT2D eigenvalue weighted by atomic mass is 16.2. The van der Waals surface area contributed by atoms with E-state index in [4.69, 9.17) is 0 Å². The Morgan fingerprint density at radius 3 is 2.62 bits per heavy atom. The smallest absolute Gasteiger partial charge is 0.322 e. The zero-order valence-corrected chi connectivity index (χ0v) is 17.7. The molecule has 2 amide bonds. The number of rotatable bonds is 8. The maximum atomic E-state index is 13.0. The molecule has 152 valence electrons. The van der Waals surface area contributed by atoms with Crippen molar-refractivity contribution in [2.24, 2.45) is 0 Å². The van der Waals surface area contributed by atoms with Crippen LogP contribution in [-0.4, -0.2) is 22.0 Å². The minimum Gasteiger partial charge on any atom is -0.345 e. The van der Waals surface area contributed by atoms with Gasteiger partial charge < -0.3 is 14.8 Å². The van der Waals surface area contributed by atoms with E-state index in [-0.39, 0.29) is 6.03 Å². The number of aryl methyl sites for hydroxylation is 2. The second-order valence-electron chi connectivity index (χ2n) is 7.63. The number of carbonyl (C=O) groups excluding carboxylic acids is 1. The first-order valence-corrected chi connectivity index (χ1v) is 10.4. The van der Waals surface area contributed by atoms with Gasteiger partial charge in [-0.2, -0.15) is 0 Å². The van der Waals surface area contributed by atoms with E-state index in [1.54, 1.807) is 0 Å². The molecule has 3 rings (SSSR count). The molecular formula is C25H31N3O. The lowest BCUT2D eigenvalue weighted by atomic mass is 10.1. The third-order valence-electron chi connectivity index (χ3n) is 5.22. The van der Waals surface area contributed by atoms with E-state index < -0.39 is 0 Å². The van der Waals surface area contributed by atoms with Crippen LogP contribution in [0.15, 0.2) is 66.9 Å². The highest BCUT2D eigenvalue weighted by Crippen LogP contribution is 2.16. The number of unbranched alkanes of at least 4 members (excludes halogenated alkanes) is 1. The van der Waals surface area contributed by atoms with E-state index in [0.717, 1.165) is 42.9 Å². The quantitative estimate of drug-likeness (QED) is 0.505. The molecule has 4 nitrogen and oxygen atoms in total. The zero-order valence-electron chi connectivity index (χ0n) is 17.7. The molecule has 1 aromatic heterocycles. The first kappa shape index (κ1) is 20.7. The second kappa shape index (κ2) is 9.97. The van der Waals surface area contributed by atoms with Crippen molar-refractivity contribution in [3.05, 3.63) is 89.2 Å². The molecule has 0 fully saturated rings. The molecule has 0 aliphatic rings. The van der Waals surface area contributed by atoms with Gasteiger partial charge in [0.15, 0.2) is 0 Å². The summed E-state index contributed by atoms with van der Waals surface area (Å²) in [5.41, 5.74) is 5.70. The number of benzene rings is 2. The van der Waals surface area contributed by atoms with Crippen LogP contribution in [0.2, 0.25) is 0 Å². The molecule has 3 aromatic rings. The highest BCUT2D eigenvalue weighted by molar-refractivity contribution is 5.89. The lowest BCUT2D eigenvalue weighted by Crippen LogP contribution is -2.36. The number of anilines is 1. The Morgan fingerprint density at radius 2 is 1.86 bits per heavy atom. The van der Waals surface area contributed by atoms with E-state index in [1.807, 2.05) is 36.1 Å². The van der Waals surface area contributed by atoms with Gasteiger partial charge in [-0.15, -0.1) is 0 Å². The number of urea groups is 1. The highest BCUT2D eigenvalue weighted by Gasteiger charge is 2.16. The minimum absolute atomic E-state index is 0.0484. The summed E-state index contributed by atoms with van der Waals surface area (Å²) in [6.45, 7) is 8.47. The topological polar surface area (TPSA) is 37.3 Å². The number of carbonyl (C=O) groups is 1. The maximum absolute atomic E-state index is 13.0. The number of nitrogens with zero attached hydrogens (tertiary/aromatic N) is 2. The van der Waals surface area contributed by atoms with Crippen LogP contribution in [0.1, 0.15) is 42.1 Å². The van der Waals surface area contributed by atoms with Crippen LogP contribution in [0.3, 0.4) is 0 Å². The average Bonchev–Trinajstić information content (AvgIpc) is 3.13. The molecule has 0 unspecified atom stereocenters. The molecule has 1 heterocycles. The molecule has 0 radical (unpaired) electrons. The Bertz CT molecular complexity index is 945. The third-order valence-corrected chi connectivity index (χ3v) is 5.22. The standard InChI is InChI=1S/C25H31N3O/c1-4-5-15-28(25(29)26-23-13-8-10-20(2)17-23)19-24-14-9-16-27(24)18-22-12-7-6-11-21(22)3/h6-14,16-17H,4-5,15,18-19H2,1-3H3,(H,26,29). The predicted octanol–water partition coefficient (Wildman–Crippen LogP) is 5.99. The Balaban J connectivity index is 1.74. The molecule has 29 heavy (non-hydrogen) atoms. The van der Waals surface area contributed by atoms with Gasteiger partial charge in [0.1, 0.15) is 0 Å². The van der Waals surface area contributed by atoms with E-state index in [2.05, 4.69) is 66.3 Å². The van der Waals surface area contributed by atoms with E-state index >= 15 is 0 Å². The van der Waals surface area contributed by atoms with Crippen molar-refractivity contribution >= 4 is 11.7 Å². The normalized spacial score (nSPS) is 10.7. The predicted molar refractivity (Wildman–Crippen MR) is 120 cm³/mol. The summed E-state index contributed by atoms with van der Waals surface area (Å²) in [6, 6.07) is 20.5. The molecule has 2 aromatic carbocycles. The Kier molecular flexibility index (Phi) is 7.12. The molecule has 0 saturated heterocycles. The first-order valence-electron chi connectivity index (χ1n) is 10.4. The van der Waals surface area contributed by atoms with E-state index in [0.29, 0.717) is 6.54 Å². The molecule has 0 saturated carbocycles. The summed E-state index contributed by atoms with van der Waals surface area (Å²) < 4.78 is 2.24. The fourth-order valence-electron chi connectivity index (χ4n) is 3.44. The largest absolute Gasteiger partial charge is 0.345 e. The summed E-state index contributed by atoms with van der Waals surface area (Å²) in [4.78, 5) is 14.9. The second-order valence-corrected chi connectivity index (χ2v) is 7.63. The van der Waals surface area contributed by atoms with Crippen LogP contribution in [0, 0.1) is 13.8 Å². The lowest BCUT2D eigenvalue weighted by molar-refractivity contribution is 0.207. The van der Waals surface area contributed by atoms with Gasteiger partial charge >= 0.3 is 6.03 Å². The van der Waals surface area contributed by atoms with Gasteiger partial charge in [0.2, 0.25) is 0 Å². The van der Waals surface area contributed by atoms with Crippen LogP contribution in [0.5, 0.6) is 0 Å². The third kappa shape index (κ3) is 5.74. The number of amides is 2. The molecule has 0 aliphatic carbocycles. The number of hydrogen-bond acceptors (Lipinski definition) is 1. The molecule has 0 bridgehead atoms. The van der Waals surface area contributed by atoms with Crippen molar-refractivity contribution in [2.45, 2.75) is 46.7 Å². The van der Waals surface area contributed by atoms with Crippen LogP contribution in [-0.2, 0) is 13.1 Å². The number of aromatic nitrogens is 1. The van der Waals surface area contributed by atoms with Crippen molar-refractivity contribution in [1.29, 1.82) is 0 Å². The summed E-state index contributed by atoms with van der Waals surface area (Å²) in [5, 5.41) is 3.06. The van der Waals surface area contributed by atoms with Crippen molar-refractivity contribution < 1.29 is 4.79 Å². The van der Waals surface area contributed by atoms with Crippen molar-refractivity contribution in [2.75, 3.05) is 11.9 Å². The minimum atomic E-state index is -0.0484. The van der Waals surface area contributed by atoms with Gasteiger partial charge in [0.05, 0.1) is 6.54 Å². The van der Waals surface area contributed by atoms with Crippen molar-refractivity contribution in [3.63, 3.8) is 0 Å². The Labute approximate surface area is 174 Å². The van der Waals surface area contributed by atoms with Gasteiger partial charge in [0, 0.05) is 30.7 Å². The van der Waals surface area contributed by atoms with Crippen molar-refractivity contribution in [1.82, 2.24) is 9.47 Å². The SMILES string of the molecule is CCCCN(Cc1cccn1Cc1ccccc1C)C(=O)Nc1cccc(C)c1. The fourth-order valence-corrected chi connectivity index (χ4v) is 3.44. The van der Waals surface area contributed by atoms with E-state index in [1.165, 1.54) is 11.1 Å². The monoisotopic (exact) mass is 389 g/mol. The Morgan fingerprint density at radius 1 is 1.03 bits per heavy atom. The summed E-state index contributed by atoms with van der Waals surface area (Å²) >= 11 is 0. The van der Waals surface area contributed by atoms with Crippen LogP contribution in [0.4, 0.5) is 10.5 Å². The molecule has 1 N–H and O–H groups in total. The van der Waals surface area contributed by atoms with Gasteiger partial charge in [-0.1, -0.05) is 49.7 Å². The first-order chi connectivity index (χ1) is 14.1. The lowest BCUT2D eigenvalue weighted by Gasteiger charge is -2.24. The molecule has 4 heteroatoms. The Hall–Kier alpha value is -3.01. The van der Waals surface area contributed by atoms with Gasteiger partial charge in [-0.05, 0) is 61.2 Å². The maximum Gasteiger partial charge on any atom is 0.322 e. The zero-order chi connectivity index (χ0) is 20.6. The van der Waals surface area contributed by atoms with Crippen LogP contribution >= 0.6 is 0 Å². The fraction of sp³-hybridized carbons (Fsp3) is 0.320. The number of nitrogens with one attached hydrogen (secondary N) is 1. The van der Waals surface area contributed by atoms with Gasteiger partial charge in [0.25, 0.3) is 0 Å².